The first-order valence-corrected chi connectivity index (χ1v) is 3.55. The van der Waals surface area contributed by atoms with Crippen LogP contribution >= 0.6 is 0 Å². The molecule has 0 spiro atoms. The lowest BCUT2D eigenvalue weighted by Crippen LogP contribution is -2.48. The van der Waals surface area contributed by atoms with Crippen LogP contribution in [0.3, 0.4) is 0 Å². The Bertz CT molecular complexity index is 152. The Morgan fingerprint density at radius 3 is 2.25 bits per heavy atom. The molecule has 0 saturated carbocycles. The topological polar surface area (TPSA) is 130 Å². The van der Waals surface area contributed by atoms with Crippen molar-refractivity contribution in [2.45, 2.75) is 24.7 Å². The van der Waals surface area contributed by atoms with E-state index in [4.69, 9.17) is 26.8 Å². The summed E-state index contributed by atoms with van der Waals surface area (Å²) < 4.78 is 0. The molecule has 0 heterocycles. The fourth-order valence-electron chi connectivity index (χ4n) is 0.727. The molecule has 6 nitrogen and oxygen atoms in total. The van der Waals surface area contributed by atoms with Gasteiger partial charge in [0.05, 0.1) is 6.10 Å². The maximum absolute atomic E-state index is 10.2. The van der Waals surface area contributed by atoms with Gasteiger partial charge in [-0.3, -0.25) is 4.79 Å². The molecule has 0 radical (unpaired) electrons. The number of carboxylic acids is 1. The number of nitrogens with two attached hydrogens (primary N) is 2. The molecule has 0 aliphatic rings. The Morgan fingerprint density at radius 2 is 1.92 bits per heavy atom. The zero-order valence-electron chi connectivity index (χ0n) is 6.55. The second-order valence-corrected chi connectivity index (χ2v) is 2.50. The standard InChI is InChI=1S/C6H14N2O4/c7-2-1-3(9)5(10)4(8)6(11)12/h3-5,9-10H,1-2,7-8H2,(H,11,12)/t3-,4+,5+/m1/s1. The molecule has 0 rings (SSSR count). The number of aliphatic carboxylic acids is 1. The van der Waals surface area contributed by atoms with Gasteiger partial charge in [-0.05, 0) is 13.0 Å². The van der Waals surface area contributed by atoms with Crippen LogP contribution in [0.2, 0.25) is 0 Å². The van der Waals surface area contributed by atoms with Gasteiger partial charge < -0.3 is 26.8 Å². The van der Waals surface area contributed by atoms with Crippen molar-refractivity contribution >= 4 is 5.97 Å². The quantitative estimate of drug-likeness (QED) is 0.315. The van der Waals surface area contributed by atoms with Crippen LogP contribution in [0.5, 0.6) is 0 Å². The number of rotatable bonds is 5. The molecule has 0 aromatic rings. The molecule has 0 amide bonds. The fraction of sp³-hybridized carbons (Fsp3) is 0.833. The number of carbonyl (C=O) groups is 1. The minimum Gasteiger partial charge on any atom is -0.480 e. The van der Waals surface area contributed by atoms with Gasteiger partial charge in [-0.25, -0.2) is 0 Å². The van der Waals surface area contributed by atoms with Crippen molar-refractivity contribution in [1.29, 1.82) is 0 Å². The van der Waals surface area contributed by atoms with Crippen LogP contribution in [0.25, 0.3) is 0 Å². The molecule has 0 aromatic heterocycles. The van der Waals surface area contributed by atoms with Gasteiger partial charge >= 0.3 is 5.97 Å². The molecule has 0 unspecified atom stereocenters. The Labute approximate surface area is 69.8 Å². The summed E-state index contributed by atoms with van der Waals surface area (Å²) >= 11 is 0. The van der Waals surface area contributed by atoms with Crippen molar-refractivity contribution in [3.05, 3.63) is 0 Å². The van der Waals surface area contributed by atoms with Gasteiger partial charge in [-0.2, -0.15) is 0 Å². The third kappa shape index (κ3) is 3.14. The maximum atomic E-state index is 10.2. The van der Waals surface area contributed by atoms with E-state index in [9.17, 15) is 4.79 Å². The van der Waals surface area contributed by atoms with E-state index in [1.165, 1.54) is 0 Å². The van der Waals surface area contributed by atoms with E-state index in [-0.39, 0.29) is 13.0 Å². The third-order valence-corrected chi connectivity index (χ3v) is 1.51. The molecular formula is C6H14N2O4. The van der Waals surface area contributed by atoms with Gasteiger partial charge in [-0.15, -0.1) is 0 Å². The van der Waals surface area contributed by atoms with E-state index in [0.29, 0.717) is 0 Å². The highest BCUT2D eigenvalue weighted by molar-refractivity contribution is 5.73. The molecule has 3 atom stereocenters. The second-order valence-electron chi connectivity index (χ2n) is 2.50. The van der Waals surface area contributed by atoms with Crippen LogP contribution in [0.4, 0.5) is 0 Å². The monoisotopic (exact) mass is 178 g/mol. The predicted molar refractivity (Wildman–Crippen MR) is 41.3 cm³/mol. The van der Waals surface area contributed by atoms with Gasteiger partial charge in [-0.1, -0.05) is 0 Å². The number of hydrogen-bond acceptors (Lipinski definition) is 5. The van der Waals surface area contributed by atoms with Gasteiger partial charge in [0, 0.05) is 0 Å². The van der Waals surface area contributed by atoms with Crippen molar-refractivity contribution in [2.75, 3.05) is 6.54 Å². The minimum atomic E-state index is -1.47. The lowest BCUT2D eigenvalue weighted by Gasteiger charge is -2.19. The first-order chi connectivity index (χ1) is 5.50. The number of hydrogen-bond donors (Lipinski definition) is 5. The van der Waals surface area contributed by atoms with E-state index in [2.05, 4.69) is 0 Å². The molecule has 7 N–H and O–H groups in total. The van der Waals surface area contributed by atoms with Crippen LogP contribution < -0.4 is 11.5 Å². The Hall–Kier alpha value is -0.690. The maximum Gasteiger partial charge on any atom is 0.323 e. The molecule has 0 aliphatic heterocycles. The number of carboxylic acid groups (broad SMARTS) is 1. The summed E-state index contributed by atoms with van der Waals surface area (Å²) in [4.78, 5) is 10.2. The molecule has 0 bridgehead atoms. The van der Waals surface area contributed by atoms with Crippen molar-refractivity contribution in [3.63, 3.8) is 0 Å². The highest BCUT2D eigenvalue weighted by atomic mass is 16.4. The summed E-state index contributed by atoms with van der Waals surface area (Å²) in [5.74, 6) is -1.35. The van der Waals surface area contributed by atoms with Crippen molar-refractivity contribution in [1.82, 2.24) is 0 Å². The third-order valence-electron chi connectivity index (χ3n) is 1.51. The number of aliphatic hydroxyl groups is 2. The Kier molecular flexibility index (Phi) is 4.75. The molecule has 0 fully saturated rings. The summed E-state index contributed by atoms with van der Waals surface area (Å²) in [5.41, 5.74) is 10.1. The molecule has 0 aromatic carbocycles. The zero-order chi connectivity index (χ0) is 9.72. The Balaban J connectivity index is 3.99. The van der Waals surface area contributed by atoms with Crippen LogP contribution in [0.1, 0.15) is 6.42 Å². The first-order valence-electron chi connectivity index (χ1n) is 3.55. The lowest BCUT2D eigenvalue weighted by atomic mass is 10.0. The summed E-state index contributed by atoms with van der Waals surface area (Å²) in [5, 5.41) is 26.5. The van der Waals surface area contributed by atoms with Crippen LogP contribution in [0, 0.1) is 0 Å². The largest absolute Gasteiger partial charge is 0.480 e. The molecular weight excluding hydrogens is 164 g/mol. The smallest absolute Gasteiger partial charge is 0.323 e. The Morgan fingerprint density at radius 1 is 1.42 bits per heavy atom. The summed E-state index contributed by atoms with van der Waals surface area (Å²) in [7, 11) is 0. The predicted octanol–water partition coefficient (Wildman–Crippen LogP) is -2.53. The average molecular weight is 178 g/mol. The van der Waals surface area contributed by atoms with Crippen LogP contribution in [0.15, 0.2) is 0 Å². The summed E-state index contributed by atoms with van der Waals surface area (Å²) in [6, 6.07) is -1.47. The first kappa shape index (κ1) is 11.3. The van der Waals surface area contributed by atoms with E-state index >= 15 is 0 Å². The molecule has 0 aliphatic carbocycles. The van der Waals surface area contributed by atoms with Gasteiger partial charge in [0.2, 0.25) is 0 Å². The van der Waals surface area contributed by atoms with Gasteiger partial charge in [0.25, 0.3) is 0 Å². The van der Waals surface area contributed by atoms with E-state index in [1.54, 1.807) is 0 Å². The van der Waals surface area contributed by atoms with Crippen LogP contribution in [-0.2, 0) is 4.79 Å². The van der Waals surface area contributed by atoms with Gasteiger partial charge in [0.1, 0.15) is 12.1 Å². The summed E-state index contributed by atoms with van der Waals surface area (Å²) in [6.07, 6.45) is -2.52. The highest BCUT2D eigenvalue weighted by Gasteiger charge is 2.27. The van der Waals surface area contributed by atoms with E-state index in [1.807, 2.05) is 0 Å². The van der Waals surface area contributed by atoms with Gasteiger partial charge in [0.15, 0.2) is 0 Å². The van der Waals surface area contributed by atoms with E-state index < -0.39 is 24.2 Å². The van der Waals surface area contributed by atoms with Crippen molar-refractivity contribution in [2.24, 2.45) is 11.5 Å². The summed E-state index contributed by atoms with van der Waals surface area (Å²) in [6.45, 7) is 0.171. The molecule has 12 heavy (non-hydrogen) atoms. The van der Waals surface area contributed by atoms with Crippen molar-refractivity contribution < 1.29 is 20.1 Å². The zero-order valence-corrected chi connectivity index (χ0v) is 6.55. The minimum absolute atomic E-state index is 0.127. The van der Waals surface area contributed by atoms with Crippen molar-refractivity contribution in [3.8, 4) is 0 Å². The normalized spacial score (nSPS) is 18.3. The SMILES string of the molecule is NCC[C@@H](O)[C@H](O)[C@H](N)C(=O)O. The number of aliphatic hydroxyl groups excluding tert-OH is 2. The van der Waals surface area contributed by atoms with Crippen LogP contribution in [-0.4, -0.2) is 46.1 Å². The fourth-order valence-corrected chi connectivity index (χ4v) is 0.727. The molecule has 0 saturated heterocycles. The molecule has 6 heteroatoms. The second kappa shape index (κ2) is 5.04. The average Bonchev–Trinajstić information content (AvgIpc) is 2.02. The van der Waals surface area contributed by atoms with E-state index in [0.717, 1.165) is 0 Å². The molecule has 72 valence electrons. The highest BCUT2D eigenvalue weighted by Crippen LogP contribution is 2.01. The lowest BCUT2D eigenvalue weighted by molar-refractivity contribution is -0.143.